The van der Waals surface area contributed by atoms with Crippen LogP contribution < -0.4 is 0 Å². The van der Waals surface area contributed by atoms with Crippen molar-refractivity contribution in [2.24, 2.45) is 0 Å². The maximum atomic E-state index is 5.23. The second kappa shape index (κ2) is 9.32. The molecule has 0 atom stereocenters. The molecular formula is C19H25NO. The summed E-state index contributed by atoms with van der Waals surface area (Å²) in [5.74, 6) is 0. The van der Waals surface area contributed by atoms with E-state index in [2.05, 4.69) is 65.6 Å². The average Bonchev–Trinajstić information content (AvgIpc) is 2.54. The fourth-order valence-electron chi connectivity index (χ4n) is 2.48. The van der Waals surface area contributed by atoms with Crippen molar-refractivity contribution in [2.45, 2.75) is 19.4 Å². The predicted molar refractivity (Wildman–Crippen MR) is 88.4 cm³/mol. The van der Waals surface area contributed by atoms with Gasteiger partial charge in [-0.2, -0.15) is 0 Å². The molecule has 0 saturated carbocycles. The number of benzene rings is 2. The van der Waals surface area contributed by atoms with E-state index in [1.165, 1.54) is 17.5 Å². The highest BCUT2D eigenvalue weighted by Crippen LogP contribution is 2.07. The Labute approximate surface area is 128 Å². The summed E-state index contributed by atoms with van der Waals surface area (Å²) in [6.45, 7) is 3.88. The Hall–Kier alpha value is -1.64. The third-order valence-electron chi connectivity index (χ3n) is 3.64. The molecule has 0 amide bonds. The first kappa shape index (κ1) is 15.7. The van der Waals surface area contributed by atoms with Gasteiger partial charge in [0.05, 0.1) is 6.61 Å². The molecule has 0 radical (unpaired) electrons. The molecule has 0 heterocycles. The Morgan fingerprint density at radius 3 is 2.05 bits per heavy atom. The van der Waals surface area contributed by atoms with Crippen molar-refractivity contribution in [2.75, 3.05) is 26.8 Å². The van der Waals surface area contributed by atoms with Crippen LogP contribution in [0, 0.1) is 0 Å². The highest BCUT2D eigenvalue weighted by molar-refractivity contribution is 5.15. The van der Waals surface area contributed by atoms with Gasteiger partial charge in [0.25, 0.3) is 0 Å². The van der Waals surface area contributed by atoms with E-state index >= 15 is 0 Å². The molecule has 112 valence electrons. The zero-order valence-electron chi connectivity index (χ0n) is 12.9. The number of nitrogens with zero attached hydrogens (tertiary/aromatic N) is 1. The Balaban J connectivity index is 1.81. The minimum Gasteiger partial charge on any atom is -0.383 e. The lowest BCUT2D eigenvalue weighted by Gasteiger charge is -2.22. The smallest absolute Gasteiger partial charge is 0.0589 e. The lowest BCUT2D eigenvalue weighted by molar-refractivity contribution is 0.143. The molecule has 0 aromatic heterocycles. The molecule has 0 fully saturated rings. The molecule has 0 aliphatic heterocycles. The van der Waals surface area contributed by atoms with E-state index in [-0.39, 0.29) is 0 Å². The normalized spacial score (nSPS) is 11.0. The number of hydrogen-bond acceptors (Lipinski definition) is 2. The molecule has 0 saturated heterocycles. The molecule has 21 heavy (non-hydrogen) atoms. The minimum absolute atomic E-state index is 0.790. The molecule has 0 bridgehead atoms. The fraction of sp³-hybridized carbons (Fsp3) is 0.368. The van der Waals surface area contributed by atoms with Gasteiger partial charge in [-0.05, 0) is 30.5 Å². The van der Waals surface area contributed by atoms with Crippen molar-refractivity contribution in [3.8, 4) is 0 Å². The van der Waals surface area contributed by atoms with Crippen molar-refractivity contribution >= 4 is 0 Å². The second-order valence-corrected chi connectivity index (χ2v) is 5.34. The molecule has 0 aliphatic rings. The molecular weight excluding hydrogens is 258 g/mol. The largest absolute Gasteiger partial charge is 0.383 e. The van der Waals surface area contributed by atoms with Crippen LogP contribution in [-0.2, 0) is 17.7 Å². The van der Waals surface area contributed by atoms with Crippen LogP contribution in [0.25, 0.3) is 0 Å². The maximum absolute atomic E-state index is 5.23. The molecule has 2 heteroatoms. The van der Waals surface area contributed by atoms with Gasteiger partial charge in [0.1, 0.15) is 0 Å². The van der Waals surface area contributed by atoms with Crippen molar-refractivity contribution in [3.63, 3.8) is 0 Å². The monoisotopic (exact) mass is 283 g/mol. The first-order valence-electron chi connectivity index (χ1n) is 7.67. The molecule has 2 rings (SSSR count). The standard InChI is InChI=1S/C19H25NO/c1-21-16-15-20(17-19-11-6-3-7-12-19)14-8-13-18-9-4-2-5-10-18/h2-7,9-12H,8,13-17H2,1H3. The summed E-state index contributed by atoms with van der Waals surface area (Å²) in [6, 6.07) is 21.4. The van der Waals surface area contributed by atoms with Crippen LogP contribution in [0.2, 0.25) is 0 Å². The summed E-state index contributed by atoms with van der Waals surface area (Å²) in [5, 5.41) is 0. The lowest BCUT2D eigenvalue weighted by Crippen LogP contribution is -2.28. The van der Waals surface area contributed by atoms with Gasteiger partial charge >= 0.3 is 0 Å². The van der Waals surface area contributed by atoms with E-state index in [4.69, 9.17) is 4.74 Å². The van der Waals surface area contributed by atoms with Crippen LogP contribution in [0.15, 0.2) is 60.7 Å². The van der Waals surface area contributed by atoms with Gasteiger partial charge in [-0.1, -0.05) is 60.7 Å². The third kappa shape index (κ3) is 6.11. The Morgan fingerprint density at radius 2 is 1.43 bits per heavy atom. The zero-order valence-corrected chi connectivity index (χ0v) is 12.9. The number of hydrogen-bond donors (Lipinski definition) is 0. The van der Waals surface area contributed by atoms with E-state index in [0.29, 0.717) is 0 Å². The fourth-order valence-corrected chi connectivity index (χ4v) is 2.48. The average molecular weight is 283 g/mol. The van der Waals surface area contributed by atoms with Gasteiger partial charge in [0, 0.05) is 20.2 Å². The highest BCUT2D eigenvalue weighted by Gasteiger charge is 2.05. The Morgan fingerprint density at radius 1 is 0.810 bits per heavy atom. The zero-order chi connectivity index (χ0) is 14.8. The summed E-state index contributed by atoms with van der Waals surface area (Å²) in [7, 11) is 1.77. The third-order valence-corrected chi connectivity index (χ3v) is 3.64. The number of methoxy groups -OCH3 is 1. The molecule has 0 aliphatic carbocycles. The van der Waals surface area contributed by atoms with E-state index in [9.17, 15) is 0 Å². The van der Waals surface area contributed by atoms with Crippen LogP contribution in [0.1, 0.15) is 17.5 Å². The summed E-state index contributed by atoms with van der Waals surface area (Å²) in [5.41, 5.74) is 2.79. The Bertz CT molecular complexity index is 483. The van der Waals surface area contributed by atoms with Gasteiger partial charge in [0.2, 0.25) is 0 Å². The number of ether oxygens (including phenoxy) is 1. The van der Waals surface area contributed by atoms with Crippen LogP contribution in [0.5, 0.6) is 0 Å². The molecule has 0 N–H and O–H groups in total. The number of rotatable bonds is 9. The van der Waals surface area contributed by atoms with E-state index < -0.39 is 0 Å². The van der Waals surface area contributed by atoms with Crippen molar-refractivity contribution in [1.82, 2.24) is 4.90 Å². The van der Waals surface area contributed by atoms with Crippen molar-refractivity contribution in [1.29, 1.82) is 0 Å². The van der Waals surface area contributed by atoms with Crippen LogP contribution in [0.4, 0.5) is 0 Å². The maximum Gasteiger partial charge on any atom is 0.0589 e. The summed E-state index contributed by atoms with van der Waals surface area (Å²) < 4.78 is 5.23. The quantitative estimate of drug-likeness (QED) is 0.694. The first-order chi connectivity index (χ1) is 10.4. The molecule has 2 nitrogen and oxygen atoms in total. The topological polar surface area (TPSA) is 12.5 Å². The molecule has 0 spiro atoms. The van der Waals surface area contributed by atoms with Gasteiger partial charge in [-0.25, -0.2) is 0 Å². The predicted octanol–water partition coefficient (Wildman–Crippen LogP) is 3.77. The lowest BCUT2D eigenvalue weighted by atomic mass is 10.1. The summed E-state index contributed by atoms with van der Waals surface area (Å²) in [6.07, 6.45) is 2.32. The van der Waals surface area contributed by atoms with Gasteiger partial charge in [-0.3, -0.25) is 4.90 Å². The van der Waals surface area contributed by atoms with Crippen LogP contribution in [-0.4, -0.2) is 31.7 Å². The Kier molecular flexibility index (Phi) is 6.99. The summed E-state index contributed by atoms with van der Waals surface area (Å²) in [4.78, 5) is 2.47. The SMILES string of the molecule is COCCN(CCCc1ccccc1)Cc1ccccc1. The highest BCUT2D eigenvalue weighted by atomic mass is 16.5. The van der Waals surface area contributed by atoms with Crippen molar-refractivity contribution < 1.29 is 4.74 Å². The minimum atomic E-state index is 0.790. The van der Waals surface area contributed by atoms with Crippen molar-refractivity contribution in [3.05, 3.63) is 71.8 Å². The second-order valence-electron chi connectivity index (χ2n) is 5.34. The summed E-state index contributed by atoms with van der Waals surface area (Å²) >= 11 is 0. The van der Waals surface area contributed by atoms with Gasteiger partial charge < -0.3 is 4.74 Å². The molecule has 0 unspecified atom stereocenters. The van der Waals surface area contributed by atoms with Crippen LogP contribution >= 0.6 is 0 Å². The van der Waals surface area contributed by atoms with Crippen LogP contribution in [0.3, 0.4) is 0 Å². The molecule has 2 aromatic carbocycles. The van der Waals surface area contributed by atoms with E-state index in [0.717, 1.165) is 32.7 Å². The van der Waals surface area contributed by atoms with Gasteiger partial charge in [0.15, 0.2) is 0 Å². The molecule has 2 aromatic rings. The van der Waals surface area contributed by atoms with E-state index in [1.807, 2.05) is 0 Å². The van der Waals surface area contributed by atoms with E-state index in [1.54, 1.807) is 7.11 Å². The first-order valence-corrected chi connectivity index (χ1v) is 7.67. The van der Waals surface area contributed by atoms with Gasteiger partial charge in [-0.15, -0.1) is 0 Å². The number of aryl methyl sites for hydroxylation is 1.